The van der Waals surface area contributed by atoms with Crippen LogP contribution in [0.1, 0.15) is 37.6 Å². The van der Waals surface area contributed by atoms with Crippen molar-refractivity contribution in [1.82, 2.24) is 15.1 Å². The number of amides is 1. The van der Waals surface area contributed by atoms with E-state index >= 15 is 0 Å². The molecule has 1 fully saturated rings. The van der Waals surface area contributed by atoms with Gasteiger partial charge in [-0.25, -0.2) is 0 Å². The van der Waals surface area contributed by atoms with Gasteiger partial charge in [-0.1, -0.05) is 44.0 Å². The summed E-state index contributed by atoms with van der Waals surface area (Å²) in [6, 6.07) is 5.01. The zero-order valence-electron chi connectivity index (χ0n) is 15.9. The number of carbonyl (C=O) groups is 1. The number of halogens is 3. The van der Waals surface area contributed by atoms with Gasteiger partial charge in [0.15, 0.2) is 0 Å². The van der Waals surface area contributed by atoms with Crippen LogP contribution in [0.4, 0.5) is 0 Å². The molecule has 0 atom stereocenters. The van der Waals surface area contributed by atoms with Crippen LogP contribution in [0.2, 0.25) is 10.0 Å². The standard InChI is InChI=1S/C19H29Cl2N3O.ClH/c1-19(2,3)4-5-22-6-7-23-8-10-24(11-9-23)18(25)15-12-16(20)14-17(21)13-15;/h12-14,22H,4-11H2,1-3H3;1H. The fourth-order valence-electron chi connectivity index (χ4n) is 2.86. The van der Waals surface area contributed by atoms with E-state index in [0.29, 0.717) is 21.0 Å². The summed E-state index contributed by atoms with van der Waals surface area (Å²) in [5.74, 6) is 0.00681. The molecular weight excluding hydrogens is 393 g/mol. The van der Waals surface area contributed by atoms with Crippen LogP contribution in [-0.4, -0.2) is 61.5 Å². The number of benzene rings is 1. The Hall–Kier alpha value is -0.520. The summed E-state index contributed by atoms with van der Waals surface area (Å²) in [7, 11) is 0. The first-order valence-electron chi connectivity index (χ1n) is 8.93. The maximum atomic E-state index is 12.6. The number of nitrogens with zero attached hydrogens (tertiary/aromatic N) is 2. The van der Waals surface area contributed by atoms with E-state index in [0.717, 1.165) is 45.8 Å². The Balaban J connectivity index is 0.00000338. The van der Waals surface area contributed by atoms with Crippen molar-refractivity contribution in [2.24, 2.45) is 5.41 Å². The summed E-state index contributed by atoms with van der Waals surface area (Å²) < 4.78 is 0. The molecule has 0 saturated carbocycles. The van der Waals surface area contributed by atoms with Gasteiger partial charge in [0.2, 0.25) is 0 Å². The van der Waals surface area contributed by atoms with E-state index in [1.165, 1.54) is 6.42 Å². The van der Waals surface area contributed by atoms with Crippen molar-refractivity contribution in [3.63, 3.8) is 0 Å². The van der Waals surface area contributed by atoms with Crippen LogP contribution in [0.3, 0.4) is 0 Å². The predicted molar refractivity (Wildman–Crippen MR) is 113 cm³/mol. The van der Waals surface area contributed by atoms with Gasteiger partial charge in [-0.15, -0.1) is 12.4 Å². The third kappa shape index (κ3) is 8.01. The van der Waals surface area contributed by atoms with E-state index in [4.69, 9.17) is 23.2 Å². The lowest BCUT2D eigenvalue weighted by atomic mass is 9.92. The normalized spacial score (nSPS) is 15.7. The molecule has 1 aromatic rings. The van der Waals surface area contributed by atoms with Gasteiger partial charge < -0.3 is 10.2 Å². The molecule has 1 N–H and O–H groups in total. The lowest BCUT2D eigenvalue weighted by Crippen LogP contribution is -2.50. The molecule has 1 aliphatic rings. The van der Waals surface area contributed by atoms with Crippen LogP contribution in [0.25, 0.3) is 0 Å². The molecule has 1 saturated heterocycles. The first-order chi connectivity index (χ1) is 11.7. The molecule has 0 bridgehead atoms. The quantitative estimate of drug-likeness (QED) is 0.698. The zero-order valence-corrected chi connectivity index (χ0v) is 18.2. The minimum atomic E-state index is 0. The highest BCUT2D eigenvalue weighted by Gasteiger charge is 2.22. The Bertz CT molecular complexity index is 562. The van der Waals surface area contributed by atoms with Crippen molar-refractivity contribution in [2.45, 2.75) is 27.2 Å². The first kappa shape index (κ1) is 23.5. The fraction of sp³-hybridized carbons (Fsp3) is 0.632. The highest BCUT2D eigenvalue weighted by Crippen LogP contribution is 2.20. The average molecular weight is 423 g/mol. The smallest absolute Gasteiger partial charge is 0.254 e. The van der Waals surface area contributed by atoms with Crippen LogP contribution in [-0.2, 0) is 0 Å². The number of rotatable bonds is 6. The molecule has 4 nitrogen and oxygen atoms in total. The minimum absolute atomic E-state index is 0. The van der Waals surface area contributed by atoms with Gasteiger partial charge in [0.05, 0.1) is 0 Å². The number of carbonyl (C=O) groups excluding carboxylic acids is 1. The lowest BCUT2D eigenvalue weighted by Gasteiger charge is -2.35. The number of hydrogen-bond acceptors (Lipinski definition) is 3. The van der Waals surface area contributed by atoms with E-state index in [9.17, 15) is 4.79 Å². The van der Waals surface area contributed by atoms with Crippen LogP contribution in [0, 0.1) is 5.41 Å². The summed E-state index contributed by atoms with van der Waals surface area (Å²) in [5.41, 5.74) is 0.942. The molecule has 148 valence electrons. The Morgan fingerprint density at radius 2 is 1.62 bits per heavy atom. The second kappa shape index (κ2) is 10.7. The molecule has 0 spiro atoms. The molecule has 1 amide bonds. The molecule has 1 aromatic carbocycles. The Kier molecular flexibility index (Phi) is 9.70. The Labute approximate surface area is 173 Å². The highest BCUT2D eigenvalue weighted by molar-refractivity contribution is 6.35. The van der Waals surface area contributed by atoms with Gasteiger partial charge >= 0.3 is 0 Å². The van der Waals surface area contributed by atoms with Crippen molar-refractivity contribution in [2.75, 3.05) is 45.8 Å². The second-order valence-corrected chi connectivity index (χ2v) is 8.73. The van der Waals surface area contributed by atoms with Gasteiger partial charge in [0, 0.05) is 54.9 Å². The maximum Gasteiger partial charge on any atom is 0.254 e. The topological polar surface area (TPSA) is 35.6 Å². The summed E-state index contributed by atoms with van der Waals surface area (Å²) in [5, 5.41) is 4.50. The molecule has 1 aliphatic heterocycles. The van der Waals surface area contributed by atoms with Crippen molar-refractivity contribution in [3.8, 4) is 0 Å². The summed E-state index contributed by atoms with van der Waals surface area (Å²) in [6.07, 6.45) is 1.18. The van der Waals surface area contributed by atoms with Gasteiger partial charge in [-0.05, 0) is 36.6 Å². The number of nitrogens with one attached hydrogen (secondary N) is 1. The molecule has 0 unspecified atom stereocenters. The molecule has 7 heteroatoms. The first-order valence-corrected chi connectivity index (χ1v) is 9.69. The van der Waals surface area contributed by atoms with Crippen molar-refractivity contribution >= 4 is 41.5 Å². The third-order valence-electron chi connectivity index (χ3n) is 4.43. The van der Waals surface area contributed by atoms with E-state index in [1.54, 1.807) is 18.2 Å². The highest BCUT2D eigenvalue weighted by atomic mass is 35.5. The van der Waals surface area contributed by atoms with Gasteiger partial charge in [0.1, 0.15) is 0 Å². The predicted octanol–water partition coefficient (Wildman–Crippen LogP) is 4.20. The Morgan fingerprint density at radius 1 is 1.04 bits per heavy atom. The van der Waals surface area contributed by atoms with E-state index in [1.807, 2.05) is 4.90 Å². The summed E-state index contributed by atoms with van der Waals surface area (Å²) in [4.78, 5) is 16.9. The van der Waals surface area contributed by atoms with Crippen LogP contribution in [0.15, 0.2) is 18.2 Å². The molecule has 26 heavy (non-hydrogen) atoms. The molecule has 2 rings (SSSR count). The van der Waals surface area contributed by atoms with E-state index < -0.39 is 0 Å². The fourth-order valence-corrected chi connectivity index (χ4v) is 3.39. The average Bonchev–Trinajstić information content (AvgIpc) is 2.52. The summed E-state index contributed by atoms with van der Waals surface area (Å²) in [6.45, 7) is 13.1. The molecule has 0 radical (unpaired) electrons. The monoisotopic (exact) mass is 421 g/mol. The SMILES string of the molecule is CC(C)(C)CCNCCN1CCN(C(=O)c2cc(Cl)cc(Cl)c2)CC1.Cl. The van der Waals surface area contributed by atoms with Crippen LogP contribution < -0.4 is 5.32 Å². The third-order valence-corrected chi connectivity index (χ3v) is 4.86. The largest absolute Gasteiger partial charge is 0.336 e. The molecule has 0 aromatic heterocycles. The van der Waals surface area contributed by atoms with Gasteiger partial charge in [0.25, 0.3) is 5.91 Å². The van der Waals surface area contributed by atoms with Crippen molar-refractivity contribution < 1.29 is 4.79 Å². The zero-order chi connectivity index (χ0) is 18.4. The van der Waals surface area contributed by atoms with Crippen molar-refractivity contribution in [3.05, 3.63) is 33.8 Å². The maximum absolute atomic E-state index is 12.6. The number of piperazine rings is 1. The second-order valence-electron chi connectivity index (χ2n) is 7.85. The lowest BCUT2D eigenvalue weighted by molar-refractivity contribution is 0.0638. The van der Waals surface area contributed by atoms with Gasteiger partial charge in [-0.2, -0.15) is 0 Å². The van der Waals surface area contributed by atoms with Crippen LogP contribution in [0.5, 0.6) is 0 Å². The number of hydrogen-bond donors (Lipinski definition) is 1. The minimum Gasteiger partial charge on any atom is -0.336 e. The molecule has 1 heterocycles. The summed E-state index contributed by atoms with van der Waals surface area (Å²) >= 11 is 12.0. The van der Waals surface area contributed by atoms with Crippen LogP contribution >= 0.6 is 35.6 Å². The van der Waals surface area contributed by atoms with E-state index in [-0.39, 0.29) is 18.3 Å². The molecule has 0 aliphatic carbocycles. The van der Waals surface area contributed by atoms with Gasteiger partial charge in [-0.3, -0.25) is 9.69 Å². The van der Waals surface area contributed by atoms with E-state index in [2.05, 4.69) is 31.0 Å². The Morgan fingerprint density at radius 3 is 2.15 bits per heavy atom. The molecular formula is C19H30Cl3N3O. The van der Waals surface area contributed by atoms with Crippen molar-refractivity contribution in [1.29, 1.82) is 0 Å².